The van der Waals surface area contributed by atoms with E-state index in [9.17, 15) is 4.39 Å². The first-order chi connectivity index (χ1) is 6.16. The van der Waals surface area contributed by atoms with Crippen LogP contribution in [0.5, 0.6) is 0 Å². The molecule has 0 N–H and O–H groups in total. The van der Waals surface area contributed by atoms with E-state index < -0.39 is 5.82 Å². The molecule has 0 amide bonds. The standard InChI is InChI=1S/C8H3BClFN2/c9-6-2-5(11)1-4-3-12-8(10)13-7(4)6/h1-3H. The minimum absolute atomic E-state index is 0.103. The number of benzene rings is 1. The third kappa shape index (κ3) is 1.49. The summed E-state index contributed by atoms with van der Waals surface area (Å²) in [5.74, 6) is -0.407. The Bertz CT molecular complexity index is 475. The normalized spacial score (nSPS) is 10.6. The van der Waals surface area contributed by atoms with Gasteiger partial charge in [0.1, 0.15) is 13.7 Å². The number of hydrogen-bond acceptors (Lipinski definition) is 2. The second kappa shape index (κ2) is 2.96. The van der Waals surface area contributed by atoms with E-state index in [-0.39, 0.29) is 10.7 Å². The molecule has 13 heavy (non-hydrogen) atoms. The molecule has 2 aromatic rings. The van der Waals surface area contributed by atoms with Crippen molar-refractivity contribution in [2.24, 2.45) is 0 Å². The highest BCUT2D eigenvalue weighted by Gasteiger charge is 2.02. The van der Waals surface area contributed by atoms with Gasteiger partial charge in [-0.05, 0) is 23.7 Å². The van der Waals surface area contributed by atoms with Gasteiger partial charge >= 0.3 is 0 Å². The van der Waals surface area contributed by atoms with Gasteiger partial charge in [0, 0.05) is 11.6 Å². The molecular weight excluding hydrogens is 189 g/mol. The van der Waals surface area contributed by atoms with E-state index in [0.29, 0.717) is 10.9 Å². The van der Waals surface area contributed by atoms with Crippen LogP contribution in [0.1, 0.15) is 0 Å². The molecule has 0 saturated carbocycles. The molecule has 0 spiro atoms. The highest BCUT2D eigenvalue weighted by Crippen LogP contribution is 2.11. The molecule has 0 bridgehead atoms. The second-order valence-electron chi connectivity index (χ2n) is 2.57. The third-order valence-electron chi connectivity index (χ3n) is 1.65. The smallest absolute Gasteiger partial charge is 0.222 e. The summed E-state index contributed by atoms with van der Waals surface area (Å²) >= 11 is 5.56. The van der Waals surface area contributed by atoms with Crippen LogP contribution in [0, 0.1) is 5.82 Å². The van der Waals surface area contributed by atoms with Crippen LogP contribution in [-0.4, -0.2) is 17.8 Å². The highest BCUT2D eigenvalue weighted by atomic mass is 35.5. The van der Waals surface area contributed by atoms with Crippen LogP contribution in [0.3, 0.4) is 0 Å². The van der Waals surface area contributed by atoms with Crippen LogP contribution >= 0.6 is 11.6 Å². The van der Waals surface area contributed by atoms with Crippen molar-refractivity contribution in [1.82, 2.24) is 9.97 Å². The molecule has 1 aromatic heterocycles. The lowest BCUT2D eigenvalue weighted by molar-refractivity contribution is 0.630. The average Bonchev–Trinajstić information content (AvgIpc) is 2.06. The molecule has 0 saturated heterocycles. The van der Waals surface area contributed by atoms with Crippen molar-refractivity contribution >= 4 is 35.8 Å². The van der Waals surface area contributed by atoms with Crippen molar-refractivity contribution in [3.8, 4) is 0 Å². The van der Waals surface area contributed by atoms with E-state index in [4.69, 9.17) is 19.4 Å². The summed E-state index contributed by atoms with van der Waals surface area (Å²) in [6, 6.07) is 2.51. The van der Waals surface area contributed by atoms with Gasteiger partial charge in [0.05, 0.1) is 5.52 Å². The highest BCUT2D eigenvalue weighted by molar-refractivity contribution is 6.38. The molecule has 62 valence electrons. The average molecular weight is 192 g/mol. The number of hydrogen-bond donors (Lipinski definition) is 0. The number of nitrogens with zero attached hydrogens (tertiary/aromatic N) is 2. The quantitative estimate of drug-likeness (QED) is 0.463. The molecule has 1 aromatic carbocycles. The first kappa shape index (κ1) is 8.44. The molecule has 1 heterocycles. The molecule has 0 unspecified atom stereocenters. The summed E-state index contributed by atoms with van der Waals surface area (Å²) in [7, 11) is 5.54. The zero-order valence-electron chi connectivity index (χ0n) is 6.46. The fourth-order valence-electron chi connectivity index (χ4n) is 1.11. The van der Waals surface area contributed by atoms with Crippen LogP contribution < -0.4 is 5.46 Å². The van der Waals surface area contributed by atoms with Crippen molar-refractivity contribution < 1.29 is 4.39 Å². The maximum atomic E-state index is 12.8. The number of aromatic nitrogens is 2. The van der Waals surface area contributed by atoms with Crippen LogP contribution in [0.15, 0.2) is 18.3 Å². The van der Waals surface area contributed by atoms with Gasteiger partial charge < -0.3 is 0 Å². The Hall–Kier alpha value is -1.16. The van der Waals surface area contributed by atoms with Gasteiger partial charge in [0.2, 0.25) is 5.28 Å². The summed E-state index contributed by atoms with van der Waals surface area (Å²) in [5.41, 5.74) is 0.737. The molecule has 0 fully saturated rings. The molecule has 0 aliphatic carbocycles. The van der Waals surface area contributed by atoms with Crippen molar-refractivity contribution in [2.45, 2.75) is 0 Å². The molecule has 0 aliphatic heterocycles. The van der Waals surface area contributed by atoms with E-state index in [1.54, 1.807) is 0 Å². The first-order valence-corrected chi connectivity index (χ1v) is 3.92. The first-order valence-electron chi connectivity index (χ1n) is 3.54. The molecule has 2 nitrogen and oxygen atoms in total. The fraction of sp³-hybridized carbons (Fsp3) is 0. The molecule has 5 heteroatoms. The minimum Gasteiger partial charge on any atom is -0.226 e. The Morgan fingerprint density at radius 2 is 2.15 bits per heavy atom. The second-order valence-corrected chi connectivity index (χ2v) is 2.91. The van der Waals surface area contributed by atoms with Crippen LogP contribution in [0.2, 0.25) is 5.28 Å². The minimum atomic E-state index is -0.407. The van der Waals surface area contributed by atoms with Crippen molar-refractivity contribution in [2.75, 3.05) is 0 Å². The van der Waals surface area contributed by atoms with Gasteiger partial charge in [-0.1, -0.05) is 5.46 Å². The summed E-state index contributed by atoms with van der Waals surface area (Å²) in [6.07, 6.45) is 1.43. The lowest BCUT2D eigenvalue weighted by Crippen LogP contribution is -2.07. The van der Waals surface area contributed by atoms with E-state index in [2.05, 4.69) is 9.97 Å². The predicted octanol–water partition coefficient (Wildman–Crippen LogP) is 1.22. The van der Waals surface area contributed by atoms with Crippen molar-refractivity contribution in [1.29, 1.82) is 0 Å². The van der Waals surface area contributed by atoms with Gasteiger partial charge in [0.25, 0.3) is 0 Å². The Labute approximate surface area is 80.2 Å². The van der Waals surface area contributed by atoms with Gasteiger partial charge in [0.15, 0.2) is 0 Å². The monoisotopic (exact) mass is 192 g/mol. The number of fused-ring (bicyclic) bond motifs is 1. The predicted molar refractivity (Wildman–Crippen MR) is 49.9 cm³/mol. The maximum absolute atomic E-state index is 12.8. The number of halogens is 2. The zero-order chi connectivity index (χ0) is 9.42. The van der Waals surface area contributed by atoms with Crippen LogP contribution in [-0.2, 0) is 0 Å². The molecule has 2 rings (SSSR count). The van der Waals surface area contributed by atoms with E-state index >= 15 is 0 Å². The Balaban J connectivity index is 2.87. The van der Waals surface area contributed by atoms with Crippen LogP contribution in [0.25, 0.3) is 10.9 Å². The Morgan fingerprint density at radius 1 is 1.38 bits per heavy atom. The fourth-order valence-corrected chi connectivity index (χ4v) is 1.25. The third-order valence-corrected chi connectivity index (χ3v) is 1.83. The summed E-state index contributed by atoms with van der Waals surface area (Å²) < 4.78 is 12.8. The van der Waals surface area contributed by atoms with Crippen molar-refractivity contribution in [3.63, 3.8) is 0 Å². The molecule has 2 radical (unpaired) electrons. The molecule has 0 atom stereocenters. The van der Waals surface area contributed by atoms with Gasteiger partial charge in [-0.3, -0.25) is 0 Å². The van der Waals surface area contributed by atoms with E-state index in [0.717, 1.165) is 0 Å². The molecular formula is C8H3BClFN2. The summed E-state index contributed by atoms with van der Waals surface area (Å²) in [4.78, 5) is 7.60. The SMILES string of the molecule is [B]c1cc(F)cc2cnc(Cl)nc12. The summed E-state index contributed by atoms with van der Waals surface area (Å²) in [6.45, 7) is 0. The van der Waals surface area contributed by atoms with Gasteiger partial charge in [-0.15, -0.1) is 0 Å². The topological polar surface area (TPSA) is 25.8 Å². The van der Waals surface area contributed by atoms with Gasteiger partial charge in [-0.25, -0.2) is 14.4 Å². The van der Waals surface area contributed by atoms with E-state index in [1.165, 1.54) is 18.3 Å². The zero-order valence-corrected chi connectivity index (χ0v) is 7.22. The maximum Gasteiger partial charge on any atom is 0.222 e. The van der Waals surface area contributed by atoms with Gasteiger partial charge in [-0.2, -0.15) is 0 Å². The van der Waals surface area contributed by atoms with Crippen molar-refractivity contribution in [3.05, 3.63) is 29.4 Å². The largest absolute Gasteiger partial charge is 0.226 e. The molecule has 0 aliphatic rings. The lowest BCUT2D eigenvalue weighted by atomic mass is 9.93. The summed E-state index contributed by atoms with van der Waals surface area (Å²) in [5, 5.41) is 0.646. The van der Waals surface area contributed by atoms with E-state index in [1.807, 2.05) is 0 Å². The van der Waals surface area contributed by atoms with Crippen LogP contribution in [0.4, 0.5) is 4.39 Å². The lowest BCUT2D eigenvalue weighted by Gasteiger charge is -2.01. The number of rotatable bonds is 0. The Kier molecular flexibility index (Phi) is 1.92. The Morgan fingerprint density at radius 3 is 2.92 bits per heavy atom.